The molecule has 6 nitrogen and oxygen atoms in total. The molecule has 2 aromatic heterocycles. The summed E-state index contributed by atoms with van der Waals surface area (Å²) in [6.45, 7) is 1.08. The Morgan fingerprint density at radius 1 is 1.33 bits per heavy atom. The van der Waals surface area contributed by atoms with E-state index in [9.17, 15) is 9.00 Å². The molecule has 3 aromatic rings. The lowest BCUT2D eigenvalue weighted by molar-refractivity contribution is -0.129. The number of hydrogen-bond acceptors (Lipinski definition) is 6. The number of carbonyl (C=O) groups excluding carboxylic acids is 1. The molecule has 33 heavy (non-hydrogen) atoms. The van der Waals surface area contributed by atoms with E-state index >= 15 is 0 Å². The Balaban J connectivity index is 1.45. The van der Waals surface area contributed by atoms with E-state index in [2.05, 4.69) is 16.2 Å². The van der Waals surface area contributed by atoms with Crippen molar-refractivity contribution in [3.63, 3.8) is 0 Å². The second kappa shape index (κ2) is 9.96. The summed E-state index contributed by atoms with van der Waals surface area (Å²) in [5.74, 6) is 3.35. The van der Waals surface area contributed by atoms with Crippen molar-refractivity contribution in [3.05, 3.63) is 75.1 Å². The van der Waals surface area contributed by atoms with Crippen LogP contribution in [0.2, 0.25) is 0 Å². The van der Waals surface area contributed by atoms with Gasteiger partial charge in [0.2, 0.25) is 5.91 Å². The van der Waals surface area contributed by atoms with Gasteiger partial charge in [-0.1, -0.05) is 24.1 Å². The molecule has 0 saturated heterocycles. The van der Waals surface area contributed by atoms with Gasteiger partial charge in [-0.05, 0) is 41.3 Å². The first kappa shape index (κ1) is 23.3. The highest BCUT2D eigenvalue weighted by molar-refractivity contribution is 7.91. The number of nitrogens with zero attached hydrogens (tertiary/aromatic N) is 2. The van der Waals surface area contributed by atoms with Crippen LogP contribution in [0.3, 0.4) is 0 Å². The van der Waals surface area contributed by atoms with Gasteiger partial charge >= 0.3 is 0 Å². The number of aromatic nitrogens is 1. The maximum atomic E-state index is 13.2. The van der Waals surface area contributed by atoms with Crippen molar-refractivity contribution >= 4 is 50.1 Å². The average molecular weight is 499 g/mol. The molecule has 0 saturated carbocycles. The molecule has 1 aliphatic heterocycles. The van der Waals surface area contributed by atoms with Crippen molar-refractivity contribution in [3.8, 4) is 12.3 Å². The number of carbonyl (C=O) groups is 1. The summed E-state index contributed by atoms with van der Waals surface area (Å²) in [6, 6.07) is 11.4. The van der Waals surface area contributed by atoms with E-state index in [-0.39, 0.29) is 23.3 Å². The maximum Gasteiger partial charge on any atom is 0.237 e. The lowest BCUT2D eigenvalue weighted by Gasteiger charge is -2.30. The van der Waals surface area contributed by atoms with Crippen LogP contribution in [0, 0.1) is 17.1 Å². The van der Waals surface area contributed by atoms with Gasteiger partial charge in [-0.3, -0.25) is 9.57 Å². The number of rotatable bonds is 7. The van der Waals surface area contributed by atoms with Crippen LogP contribution in [-0.4, -0.2) is 32.4 Å². The summed E-state index contributed by atoms with van der Waals surface area (Å²) in [6.07, 6.45) is 7.71. The number of amides is 1. The molecule has 0 spiro atoms. The zero-order valence-electron chi connectivity index (χ0n) is 17.8. The summed E-state index contributed by atoms with van der Waals surface area (Å²) < 4.78 is 21.8. The monoisotopic (exact) mass is 498 g/mol. The highest BCUT2D eigenvalue weighted by Crippen LogP contribution is 2.28. The molecule has 1 aliphatic rings. The Kier molecular flexibility index (Phi) is 7.03. The van der Waals surface area contributed by atoms with Gasteiger partial charge in [0, 0.05) is 35.1 Å². The van der Waals surface area contributed by atoms with E-state index in [1.165, 1.54) is 11.3 Å². The minimum atomic E-state index is -2.92. The number of pyridine rings is 1. The van der Waals surface area contributed by atoms with Crippen LogP contribution in [0.15, 0.2) is 48.0 Å². The molecule has 9 heteroatoms. The molecule has 4 rings (SSSR count). The molecule has 2 N–H and O–H groups in total. The Bertz CT molecular complexity index is 1310. The third-order valence-corrected chi connectivity index (χ3v) is 8.36. The molecule has 1 atom stereocenters. The number of terminal acetylenes is 1. The van der Waals surface area contributed by atoms with Crippen molar-refractivity contribution in [2.24, 2.45) is 0 Å². The first-order chi connectivity index (χ1) is 15.9. The minimum absolute atomic E-state index is 0.0506. The number of thiophene rings is 1. The van der Waals surface area contributed by atoms with Gasteiger partial charge in [0.05, 0.1) is 26.9 Å². The van der Waals surface area contributed by atoms with E-state index in [1.54, 1.807) is 17.2 Å². The smallest absolute Gasteiger partial charge is 0.237 e. The van der Waals surface area contributed by atoms with Gasteiger partial charge in [-0.15, -0.1) is 29.4 Å². The predicted octanol–water partition coefficient (Wildman–Crippen LogP) is 4.74. The number of benzene rings is 1. The van der Waals surface area contributed by atoms with E-state index < -0.39 is 9.73 Å². The predicted molar refractivity (Wildman–Crippen MR) is 134 cm³/mol. The normalized spacial score (nSPS) is 14.7. The van der Waals surface area contributed by atoms with Gasteiger partial charge in [-0.25, -0.2) is 9.19 Å². The molecule has 0 radical (unpaired) electrons. The third kappa shape index (κ3) is 5.74. The van der Waals surface area contributed by atoms with E-state index in [1.807, 2.05) is 35.7 Å². The minimum Gasteiger partial charge on any atom is -0.340 e. The molecule has 0 fully saturated rings. The van der Waals surface area contributed by atoms with Crippen molar-refractivity contribution in [2.45, 2.75) is 24.5 Å². The number of hydrogen-bond donors (Lipinski definition) is 2. The Labute approximate surface area is 203 Å². The topological polar surface area (TPSA) is 86.2 Å². The van der Waals surface area contributed by atoms with E-state index in [0.29, 0.717) is 24.5 Å². The molecule has 1 aromatic carbocycles. The van der Waals surface area contributed by atoms with Gasteiger partial charge in [0.1, 0.15) is 11.7 Å². The molecule has 3 heterocycles. The number of fused-ring (bicyclic) bond motifs is 1. The van der Waals surface area contributed by atoms with Crippen LogP contribution in [0.4, 0.5) is 11.5 Å². The van der Waals surface area contributed by atoms with Gasteiger partial charge in [-0.2, -0.15) is 0 Å². The number of halogens is 1. The highest BCUT2D eigenvalue weighted by Gasteiger charge is 2.23. The lowest BCUT2D eigenvalue weighted by atomic mass is 9.95. The quantitative estimate of drug-likeness (QED) is 0.364. The maximum absolute atomic E-state index is 13.2. The molecule has 170 valence electrons. The standard InChI is InChI=1S/C24H23ClN4O2S2/c1-2-17-6-7-23(27-12-17)28-20-10-21(32-14-20)16-33(26,31)15-19-5-3-4-18-8-9-29(13-22(18)19)24(30)11-25/h1,3-7,10,12,14,26H,8-9,11,13,15-16H2,(H,27,28). The van der Waals surface area contributed by atoms with Crippen molar-refractivity contribution in [2.75, 3.05) is 17.7 Å². The van der Waals surface area contributed by atoms with Crippen molar-refractivity contribution in [1.82, 2.24) is 9.88 Å². The van der Waals surface area contributed by atoms with Crippen LogP contribution in [0.5, 0.6) is 0 Å². The summed E-state index contributed by atoms with van der Waals surface area (Å²) >= 11 is 7.19. The summed E-state index contributed by atoms with van der Waals surface area (Å²) in [4.78, 5) is 18.9. The zero-order valence-corrected chi connectivity index (χ0v) is 20.2. The molecular weight excluding hydrogens is 476 g/mol. The van der Waals surface area contributed by atoms with E-state index in [0.717, 1.165) is 33.7 Å². The Morgan fingerprint density at radius 2 is 2.18 bits per heavy atom. The van der Waals surface area contributed by atoms with Gasteiger partial charge in [0.15, 0.2) is 0 Å². The molecular formula is C24H23ClN4O2S2. The van der Waals surface area contributed by atoms with E-state index in [4.69, 9.17) is 22.8 Å². The van der Waals surface area contributed by atoms with Crippen molar-refractivity contribution < 1.29 is 9.00 Å². The van der Waals surface area contributed by atoms with Crippen LogP contribution in [0.1, 0.15) is 27.1 Å². The van der Waals surface area contributed by atoms with Crippen molar-refractivity contribution in [1.29, 1.82) is 4.78 Å². The number of nitrogens with one attached hydrogen (secondary N) is 2. The first-order valence-electron chi connectivity index (χ1n) is 10.3. The van der Waals surface area contributed by atoms with Crippen LogP contribution in [-0.2, 0) is 39.0 Å². The Hall–Kier alpha value is -2.86. The molecule has 1 unspecified atom stereocenters. The van der Waals surface area contributed by atoms with Gasteiger partial charge in [0.25, 0.3) is 0 Å². The summed E-state index contributed by atoms with van der Waals surface area (Å²) in [5.41, 5.74) is 4.55. The largest absolute Gasteiger partial charge is 0.340 e. The van der Waals surface area contributed by atoms with Gasteiger partial charge < -0.3 is 10.2 Å². The molecule has 0 aliphatic carbocycles. The average Bonchev–Trinajstić information content (AvgIpc) is 3.24. The fourth-order valence-electron chi connectivity index (χ4n) is 3.84. The first-order valence-corrected chi connectivity index (χ1v) is 13.6. The summed E-state index contributed by atoms with van der Waals surface area (Å²) in [5, 5.41) is 5.12. The fourth-order valence-corrected chi connectivity index (χ4v) is 6.87. The zero-order chi connectivity index (χ0) is 23.4. The highest BCUT2D eigenvalue weighted by atomic mass is 35.5. The SMILES string of the molecule is C#Cc1ccc(Nc2csc(CS(=N)(=O)Cc3cccc4c3CN(C(=O)CCl)CC4)c2)nc1. The second-order valence-electron chi connectivity index (χ2n) is 7.86. The van der Waals surface area contributed by atoms with Crippen LogP contribution >= 0.6 is 22.9 Å². The molecule has 0 bridgehead atoms. The number of anilines is 2. The fraction of sp³-hybridized carbons (Fsp3) is 0.250. The Morgan fingerprint density at radius 3 is 2.91 bits per heavy atom. The van der Waals surface area contributed by atoms with Crippen LogP contribution < -0.4 is 5.32 Å². The number of alkyl halides is 1. The van der Waals surface area contributed by atoms with Crippen LogP contribution in [0.25, 0.3) is 0 Å². The molecule has 1 amide bonds. The third-order valence-electron chi connectivity index (χ3n) is 5.46. The lowest BCUT2D eigenvalue weighted by Crippen LogP contribution is -2.37. The summed E-state index contributed by atoms with van der Waals surface area (Å²) in [7, 11) is -2.92. The second-order valence-corrected chi connectivity index (χ2v) is 11.3.